The minimum atomic E-state index is -0.106. The van der Waals surface area contributed by atoms with Crippen LogP contribution in [0.1, 0.15) is 38.4 Å². The molecule has 2 atom stereocenters. The van der Waals surface area contributed by atoms with Crippen molar-refractivity contribution in [2.75, 3.05) is 0 Å². The third kappa shape index (κ3) is 3.76. The monoisotopic (exact) mass is 328 g/mol. The second kappa shape index (κ2) is 6.76. The summed E-state index contributed by atoms with van der Waals surface area (Å²) in [4.78, 5) is 12.0. The number of esters is 1. The zero-order valence-electron chi connectivity index (χ0n) is 13.5. The van der Waals surface area contributed by atoms with Crippen molar-refractivity contribution < 1.29 is 9.53 Å². The van der Waals surface area contributed by atoms with Crippen molar-refractivity contribution in [3.05, 3.63) is 59.1 Å². The van der Waals surface area contributed by atoms with E-state index in [2.05, 4.69) is 38.1 Å². The number of halogens is 1. The van der Waals surface area contributed by atoms with Crippen molar-refractivity contribution in [3.8, 4) is 11.1 Å². The number of rotatable bonds is 4. The molecule has 2 unspecified atom stereocenters. The smallest absolute Gasteiger partial charge is 0.309 e. The van der Waals surface area contributed by atoms with Gasteiger partial charge in [0.15, 0.2) is 0 Å². The highest BCUT2D eigenvalue weighted by atomic mass is 35.5. The Morgan fingerprint density at radius 3 is 2.17 bits per heavy atom. The summed E-state index contributed by atoms with van der Waals surface area (Å²) >= 11 is 5.93. The van der Waals surface area contributed by atoms with Gasteiger partial charge in [-0.25, -0.2) is 0 Å². The van der Waals surface area contributed by atoms with Gasteiger partial charge in [0.2, 0.25) is 0 Å². The molecule has 1 saturated heterocycles. The van der Waals surface area contributed by atoms with Crippen LogP contribution in [-0.2, 0) is 9.53 Å². The molecule has 0 N–H and O–H groups in total. The number of ether oxygens (including phenoxy) is 1. The molecule has 0 aromatic heterocycles. The summed E-state index contributed by atoms with van der Waals surface area (Å²) in [6.45, 7) is 4.28. The Hall–Kier alpha value is -1.80. The van der Waals surface area contributed by atoms with Crippen LogP contribution in [0, 0.1) is 11.8 Å². The number of carbonyl (C=O) groups is 1. The second-order valence-electron chi connectivity index (χ2n) is 6.62. The third-order valence-electron chi connectivity index (χ3n) is 4.31. The van der Waals surface area contributed by atoms with Crippen LogP contribution in [0.15, 0.2) is 48.5 Å². The van der Waals surface area contributed by atoms with Crippen LogP contribution < -0.4 is 0 Å². The van der Waals surface area contributed by atoms with Gasteiger partial charge in [-0.1, -0.05) is 61.8 Å². The summed E-state index contributed by atoms with van der Waals surface area (Å²) in [5, 5.41) is 0.736. The summed E-state index contributed by atoms with van der Waals surface area (Å²) in [6.07, 6.45) is 1.58. The first kappa shape index (κ1) is 16.1. The Kier molecular flexibility index (Phi) is 4.72. The molecular formula is C20H21ClO2. The maximum Gasteiger partial charge on any atom is 0.309 e. The fourth-order valence-electron chi connectivity index (χ4n) is 3.14. The van der Waals surface area contributed by atoms with Crippen LogP contribution in [0.3, 0.4) is 0 Å². The molecule has 2 nitrogen and oxygen atoms in total. The Balaban J connectivity index is 1.73. The van der Waals surface area contributed by atoms with Crippen molar-refractivity contribution in [3.63, 3.8) is 0 Å². The molecule has 2 aromatic rings. The number of benzene rings is 2. The number of hydrogen-bond donors (Lipinski definition) is 0. The highest BCUT2D eigenvalue weighted by molar-refractivity contribution is 6.30. The van der Waals surface area contributed by atoms with E-state index in [0.717, 1.165) is 34.6 Å². The summed E-state index contributed by atoms with van der Waals surface area (Å²) in [7, 11) is 0. The van der Waals surface area contributed by atoms with Crippen LogP contribution >= 0.6 is 11.6 Å². The van der Waals surface area contributed by atoms with Crippen LogP contribution in [-0.4, -0.2) is 5.97 Å². The Morgan fingerprint density at radius 2 is 1.61 bits per heavy atom. The molecule has 0 aliphatic carbocycles. The van der Waals surface area contributed by atoms with Gasteiger partial charge >= 0.3 is 5.97 Å². The second-order valence-corrected chi connectivity index (χ2v) is 7.05. The van der Waals surface area contributed by atoms with Gasteiger partial charge in [-0.05, 0) is 41.2 Å². The van der Waals surface area contributed by atoms with E-state index in [0.29, 0.717) is 5.92 Å². The van der Waals surface area contributed by atoms with Crippen LogP contribution in [0.4, 0.5) is 0 Å². The predicted molar refractivity (Wildman–Crippen MR) is 93.3 cm³/mol. The van der Waals surface area contributed by atoms with Gasteiger partial charge in [0, 0.05) is 11.4 Å². The average molecular weight is 329 g/mol. The standard InChI is InChI=1S/C20H21ClO2/c1-13(2)11-17-12-19(23-20(17)22)16-5-3-14(4-6-16)15-7-9-18(21)10-8-15/h3-10,13,17,19H,11-12H2,1-2H3. The molecule has 1 fully saturated rings. The van der Waals surface area contributed by atoms with E-state index in [1.165, 1.54) is 0 Å². The minimum Gasteiger partial charge on any atom is -0.457 e. The molecule has 3 heteroatoms. The Labute approximate surface area is 142 Å². The van der Waals surface area contributed by atoms with Crippen molar-refractivity contribution in [2.45, 2.75) is 32.8 Å². The van der Waals surface area contributed by atoms with Crippen molar-refractivity contribution in [1.82, 2.24) is 0 Å². The fraction of sp³-hybridized carbons (Fsp3) is 0.350. The minimum absolute atomic E-state index is 0.0379. The Morgan fingerprint density at radius 1 is 1.04 bits per heavy atom. The first-order valence-electron chi connectivity index (χ1n) is 8.09. The van der Waals surface area contributed by atoms with Gasteiger partial charge in [-0.2, -0.15) is 0 Å². The zero-order valence-corrected chi connectivity index (χ0v) is 14.2. The number of carbonyl (C=O) groups excluding carboxylic acids is 1. The molecular weight excluding hydrogens is 308 g/mol. The van der Waals surface area contributed by atoms with Gasteiger partial charge in [-0.15, -0.1) is 0 Å². The fourth-order valence-corrected chi connectivity index (χ4v) is 3.26. The number of hydrogen-bond acceptors (Lipinski definition) is 2. The molecule has 1 heterocycles. The molecule has 1 aliphatic rings. The molecule has 0 saturated carbocycles. The van der Waals surface area contributed by atoms with E-state index in [1.807, 2.05) is 24.3 Å². The van der Waals surface area contributed by atoms with E-state index in [9.17, 15) is 4.79 Å². The zero-order chi connectivity index (χ0) is 16.4. The lowest BCUT2D eigenvalue weighted by atomic mass is 9.92. The lowest BCUT2D eigenvalue weighted by Gasteiger charge is -2.11. The normalized spacial score (nSPS) is 20.8. The van der Waals surface area contributed by atoms with Crippen molar-refractivity contribution in [2.24, 2.45) is 11.8 Å². The third-order valence-corrected chi connectivity index (χ3v) is 4.56. The molecule has 3 rings (SSSR count). The largest absolute Gasteiger partial charge is 0.457 e. The quantitative estimate of drug-likeness (QED) is 0.677. The summed E-state index contributed by atoms with van der Waals surface area (Å²) in [6, 6.07) is 16.0. The van der Waals surface area contributed by atoms with Crippen LogP contribution in [0.2, 0.25) is 5.02 Å². The summed E-state index contributed by atoms with van der Waals surface area (Å²) < 4.78 is 5.57. The SMILES string of the molecule is CC(C)CC1CC(c2ccc(-c3ccc(Cl)cc3)cc2)OC1=O. The average Bonchev–Trinajstić information content (AvgIpc) is 2.89. The maximum absolute atomic E-state index is 12.0. The maximum atomic E-state index is 12.0. The van der Waals surface area contributed by atoms with Crippen LogP contribution in [0.25, 0.3) is 11.1 Å². The van der Waals surface area contributed by atoms with Crippen LogP contribution in [0.5, 0.6) is 0 Å². The molecule has 0 bridgehead atoms. The molecule has 0 spiro atoms. The van der Waals surface area contributed by atoms with E-state index in [1.54, 1.807) is 0 Å². The molecule has 0 amide bonds. The van der Waals surface area contributed by atoms with E-state index in [-0.39, 0.29) is 18.0 Å². The van der Waals surface area contributed by atoms with Gasteiger partial charge in [0.05, 0.1) is 5.92 Å². The Bertz CT molecular complexity index is 674. The lowest BCUT2D eigenvalue weighted by Crippen LogP contribution is -2.09. The highest BCUT2D eigenvalue weighted by Gasteiger charge is 2.35. The topological polar surface area (TPSA) is 26.3 Å². The predicted octanol–water partition coefficient (Wildman–Crippen LogP) is 5.66. The lowest BCUT2D eigenvalue weighted by molar-refractivity contribution is -0.144. The van der Waals surface area contributed by atoms with E-state index < -0.39 is 0 Å². The molecule has 1 aliphatic heterocycles. The molecule has 0 radical (unpaired) electrons. The van der Waals surface area contributed by atoms with Gasteiger partial charge in [-0.3, -0.25) is 4.79 Å². The molecule has 23 heavy (non-hydrogen) atoms. The van der Waals surface area contributed by atoms with Gasteiger partial charge in [0.25, 0.3) is 0 Å². The first-order chi connectivity index (χ1) is 11.0. The van der Waals surface area contributed by atoms with E-state index in [4.69, 9.17) is 16.3 Å². The van der Waals surface area contributed by atoms with E-state index >= 15 is 0 Å². The number of cyclic esters (lactones) is 1. The van der Waals surface area contributed by atoms with Gasteiger partial charge in [0.1, 0.15) is 6.10 Å². The van der Waals surface area contributed by atoms with Gasteiger partial charge < -0.3 is 4.74 Å². The molecule has 2 aromatic carbocycles. The summed E-state index contributed by atoms with van der Waals surface area (Å²) in [5.74, 6) is 0.500. The van der Waals surface area contributed by atoms with Crippen molar-refractivity contribution >= 4 is 17.6 Å². The first-order valence-corrected chi connectivity index (χ1v) is 8.47. The highest BCUT2D eigenvalue weighted by Crippen LogP contribution is 2.37. The molecule has 120 valence electrons. The van der Waals surface area contributed by atoms with Crippen molar-refractivity contribution in [1.29, 1.82) is 0 Å². The summed E-state index contributed by atoms with van der Waals surface area (Å²) in [5.41, 5.74) is 3.33.